The van der Waals surface area contributed by atoms with Crippen LogP contribution in [0.25, 0.3) is 6.08 Å². The molecule has 1 heterocycles. The molecule has 31 heavy (non-hydrogen) atoms. The summed E-state index contributed by atoms with van der Waals surface area (Å²) >= 11 is 11.9. The van der Waals surface area contributed by atoms with Crippen LogP contribution in [0.5, 0.6) is 0 Å². The Morgan fingerprint density at radius 3 is 2.10 bits per heavy atom. The van der Waals surface area contributed by atoms with Gasteiger partial charge in [0.1, 0.15) is 0 Å². The molecule has 3 rings (SSSR count). The lowest BCUT2D eigenvalue weighted by molar-refractivity contribution is -0.127. The minimum atomic E-state index is -3.59. The van der Waals surface area contributed by atoms with E-state index in [2.05, 4.69) is 20.8 Å². The quantitative estimate of drug-likeness (QED) is 0.588. The van der Waals surface area contributed by atoms with Crippen molar-refractivity contribution in [3.05, 3.63) is 69.7 Å². The zero-order chi connectivity index (χ0) is 22.8. The van der Waals surface area contributed by atoms with Gasteiger partial charge in [-0.25, -0.2) is 8.42 Å². The van der Waals surface area contributed by atoms with Gasteiger partial charge in [0.25, 0.3) is 0 Å². The second-order valence-electron chi connectivity index (χ2n) is 8.51. The first kappa shape index (κ1) is 23.8. The third kappa shape index (κ3) is 5.69. The van der Waals surface area contributed by atoms with Gasteiger partial charge in [-0.15, -0.1) is 0 Å². The Hall–Kier alpha value is -1.86. The minimum Gasteiger partial charge on any atom is -0.337 e. The molecule has 1 amide bonds. The monoisotopic (exact) mass is 480 g/mol. The van der Waals surface area contributed by atoms with Crippen LogP contribution >= 0.6 is 23.2 Å². The van der Waals surface area contributed by atoms with Crippen molar-refractivity contribution >= 4 is 45.2 Å². The minimum absolute atomic E-state index is 0.0425. The van der Waals surface area contributed by atoms with E-state index in [0.29, 0.717) is 23.1 Å². The number of sulfonamides is 1. The van der Waals surface area contributed by atoms with Gasteiger partial charge in [-0.2, -0.15) is 4.31 Å². The van der Waals surface area contributed by atoms with E-state index >= 15 is 0 Å². The Kier molecular flexibility index (Phi) is 7.16. The molecule has 166 valence electrons. The number of piperazine rings is 1. The Morgan fingerprint density at radius 2 is 1.55 bits per heavy atom. The van der Waals surface area contributed by atoms with E-state index in [1.54, 1.807) is 41.3 Å². The third-order valence-electron chi connectivity index (χ3n) is 5.27. The molecule has 0 N–H and O–H groups in total. The molecule has 8 heteroatoms. The second kappa shape index (κ2) is 9.33. The highest BCUT2D eigenvalue weighted by molar-refractivity contribution is 7.89. The predicted octanol–water partition coefficient (Wildman–Crippen LogP) is 4.84. The van der Waals surface area contributed by atoms with Crippen LogP contribution in [-0.4, -0.2) is 49.7 Å². The number of carbonyl (C=O) groups is 1. The van der Waals surface area contributed by atoms with Crippen molar-refractivity contribution in [2.24, 2.45) is 0 Å². The fourth-order valence-electron chi connectivity index (χ4n) is 3.31. The summed E-state index contributed by atoms with van der Waals surface area (Å²) < 4.78 is 27.4. The highest BCUT2D eigenvalue weighted by atomic mass is 35.5. The fourth-order valence-corrected chi connectivity index (χ4v) is 5.04. The van der Waals surface area contributed by atoms with Crippen molar-refractivity contribution in [3.8, 4) is 0 Å². The van der Waals surface area contributed by atoms with Crippen LogP contribution in [0.4, 0.5) is 0 Å². The molecule has 1 aliphatic rings. The van der Waals surface area contributed by atoms with E-state index in [4.69, 9.17) is 23.2 Å². The van der Waals surface area contributed by atoms with E-state index in [1.165, 1.54) is 10.4 Å². The largest absolute Gasteiger partial charge is 0.337 e. The number of amides is 1. The lowest BCUT2D eigenvalue weighted by Gasteiger charge is -2.33. The lowest BCUT2D eigenvalue weighted by Crippen LogP contribution is -2.50. The first-order valence-electron chi connectivity index (χ1n) is 10.0. The van der Waals surface area contributed by atoms with Gasteiger partial charge in [0.15, 0.2) is 0 Å². The Bertz CT molecular complexity index is 1080. The van der Waals surface area contributed by atoms with Crippen molar-refractivity contribution in [1.29, 1.82) is 0 Å². The van der Waals surface area contributed by atoms with Crippen molar-refractivity contribution in [2.75, 3.05) is 26.2 Å². The molecule has 1 saturated heterocycles. The average Bonchev–Trinajstić information content (AvgIpc) is 2.74. The van der Waals surface area contributed by atoms with Gasteiger partial charge in [-0.3, -0.25) is 4.79 Å². The summed E-state index contributed by atoms with van der Waals surface area (Å²) in [6.45, 7) is 7.45. The van der Waals surface area contributed by atoms with Crippen molar-refractivity contribution in [1.82, 2.24) is 9.21 Å². The summed E-state index contributed by atoms with van der Waals surface area (Å²) in [5, 5.41) is 0.876. The van der Waals surface area contributed by atoms with Crippen LogP contribution in [0.2, 0.25) is 10.0 Å². The number of benzene rings is 2. The fraction of sp³-hybridized carbons (Fsp3) is 0.348. The van der Waals surface area contributed by atoms with Gasteiger partial charge < -0.3 is 4.90 Å². The maximum absolute atomic E-state index is 13.0. The first-order valence-corrected chi connectivity index (χ1v) is 12.2. The standard InChI is InChI=1S/C23H26Cl2N2O3S/c1-23(2,3)18-6-8-19(9-7-18)31(29,30)27-14-12-26(13-15-27)22(28)11-5-17-4-10-20(24)21(25)16-17/h4-11,16H,12-15H2,1-3H3/b11-5+. The van der Waals surface area contributed by atoms with Gasteiger partial charge in [0.05, 0.1) is 14.9 Å². The van der Waals surface area contributed by atoms with Crippen molar-refractivity contribution < 1.29 is 13.2 Å². The predicted molar refractivity (Wildman–Crippen MR) is 126 cm³/mol. The second-order valence-corrected chi connectivity index (χ2v) is 11.3. The summed E-state index contributed by atoms with van der Waals surface area (Å²) in [4.78, 5) is 14.4. The molecular weight excluding hydrogens is 455 g/mol. The number of halogens is 2. The number of carbonyl (C=O) groups excluding carboxylic acids is 1. The van der Waals surface area contributed by atoms with Crippen molar-refractivity contribution in [2.45, 2.75) is 31.1 Å². The molecular formula is C23H26Cl2N2O3S. The van der Waals surface area contributed by atoms with Crippen LogP contribution in [-0.2, 0) is 20.2 Å². The van der Waals surface area contributed by atoms with E-state index < -0.39 is 10.0 Å². The molecule has 0 radical (unpaired) electrons. The summed E-state index contributed by atoms with van der Waals surface area (Å²) in [6.07, 6.45) is 3.14. The van der Waals surface area contributed by atoms with Crippen LogP contribution in [0.1, 0.15) is 31.9 Å². The maximum Gasteiger partial charge on any atom is 0.246 e. The highest BCUT2D eigenvalue weighted by Crippen LogP contribution is 2.25. The maximum atomic E-state index is 13.0. The summed E-state index contributed by atoms with van der Waals surface area (Å²) in [5.74, 6) is -0.169. The normalized spacial score (nSPS) is 16.1. The van der Waals surface area contributed by atoms with Crippen LogP contribution in [0.3, 0.4) is 0 Å². The van der Waals surface area contributed by atoms with Gasteiger partial charge >= 0.3 is 0 Å². The Morgan fingerprint density at radius 1 is 0.935 bits per heavy atom. The Labute approximate surface area is 194 Å². The molecule has 0 aliphatic carbocycles. The average molecular weight is 481 g/mol. The van der Waals surface area contributed by atoms with E-state index in [1.807, 2.05) is 12.1 Å². The first-order chi connectivity index (χ1) is 14.5. The zero-order valence-electron chi connectivity index (χ0n) is 17.8. The molecule has 1 aliphatic heterocycles. The smallest absolute Gasteiger partial charge is 0.246 e. The number of rotatable bonds is 4. The Balaban J connectivity index is 1.62. The zero-order valence-corrected chi connectivity index (χ0v) is 20.1. The van der Waals surface area contributed by atoms with Gasteiger partial charge in [0.2, 0.25) is 15.9 Å². The molecule has 0 saturated carbocycles. The topological polar surface area (TPSA) is 57.7 Å². The molecule has 0 bridgehead atoms. The van der Waals surface area contributed by atoms with E-state index in [-0.39, 0.29) is 29.3 Å². The molecule has 0 atom stereocenters. The van der Waals surface area contributed by atoms with Gasteiger partial charge in [-0.05, 0) is 46.9 Å². The highest BCUT2D eigenvalue weighted by Gasteiger charge is 2.29. The summed E-state index contributed by atoms with van der Waals surface area (Å²) in [5.41, 5.74) is 1.80. The summed E-state index contributed by atoms with van der Waals surface area (Å²) in [6, 6.07) is 12.2. The van der Waals surface area contributed by atoms with Crippen molar-refractivity contribution in [3.63, 3.8) is 0 Å². The molecule has 5 nitrogen and oxygen atoms in total. The number of nitrogens with zero attached hydrogens (tertiary/aromatic N) is 2. The van der Waals surface area contributed by atoms with Crippen LogP contribution in [0, 0.1) is 0 Å². The molecule has 2 aromatic carbocycles. The lowest BCUT2D eigenvalue weighted by atomic mass is 9.87. The van der Waals surface area contributed by atoms with Gasteiger partial charge in [-0.1, -0.05) is 62.2 Å². The van der Waals surface area contributed by atoms with Crippen LogP contribution in [0.15, 0.2) is 53.4 Å². The summed E-state index contributed by atoms with van der Waals surface area (Å²) in [7, 11) is -3.59. The van der Waals surface area contributed by atoms with Crippen LogP contribution < -0.4 is 0 Å². The SMILES string of the molecule is CC(C)(C)c1ccc(S(=O)(=O)N2CCN(C(=O)/C=C/c3ccc(Cl)c(Cl)c3)CC2)cc1. The molecule has 0 unspecified atom stereocenters. The van der Waals surface area contributed by atoms with E-state index in [9.17, 15) is 13.2 Å². The molecule has 2 aromatic rings. The molecule has 0 spiro atoms. The number of hydrogen-bond donors (Lipinski definition) is 0. The number of hydrogen-bond acceptors (Lipinski definition) is 3. The third-order valence-corrected chi connectivity index (χ3v) is 7.92. The molecule has 0 aromatic heterocycles. The van der Waals surface area contributed by atoms with Gasteiger partial charge in [0, 0.05) is 32.3 Å². The molecule has 1 fully saturated rings. The van der Waals surface area contributed by atoms with E-state index in [0.717, 1.165) is 11.1 Å².